The summed E-state index contributed by atoms with van der Waals surface area (Å²) in [7, 11) is 0. The summed E-state index contributed by atoms with van der Waals surface area (Å²) < 4.78 is 0. The molecule has 1 aliphatic carbocycles. The summed E-state index contributed by atoms with van der Waals surface area (Å²) in [6.45, 7) is 6.44. The van der Waals surface area contributed by atoms with E-state index in [1.807, 2.05) is 20.8 Å². The third-order valence-electron chi connectivity index (χ3n) is 7.06. The number of carbonyl (C=O) groups excluding carboxylic acids is 3. The molecular formula is C26H51N5O3. The number of nitrogens with one attached hydrogen (secondary N) is 2. The van der Waals surface area contributed by atoms with Crippen LogP contribution in [0.25, 0.3) is 0 Å². The average molecular weight is 482 g/mol. The summed E-state index contributed by atoms with van der Waals surface area (Å²) in [6.07, 6.45) is 12.8. The van der Waals surface area contributed by atoms with Gasteiger partial charge in [-0.15, -0.1) is 0 Å². The van der Waals surface area contributed by atoms with E-state index in [4.69, 9.17) is 17.2 Å². The van der Waals surface area contributed by atoms with Gasteiger partial charge in [-0.05, 0) is 56.9 Å². The quantitative estimate of drug-likeness (QED) is 0.202. The zero-order chi connectivity index (χ0) is 25.6. The van der Waals surface area contributed by atoms with Gasteiger partial charge >= 0.3 is 0 Å². The summed E-state index contributed by atoms with van der Waals surface area (Å²) in [4.78, 5) is 38.2. The topological polar surface area (TPSA) is 153 Å². The molecule has 0 unspecified atom stereocenters. The van der Waals surface area contributed by atoms with Crippen molar-refractivity contribution >= 4 is 17.7 Å². The van der Waals surface area contributed by atoms with Crippen LogP contribution in [0.1, 0.15) is 111 Å². The van der Waals surface area contributed by atoms with E-state index in [2.05, 4.69) is 10.6 Å². The molecule has 0 bridgehead atoms. The Bertz CT molecular complexity index is 622. The number of unbranched alkanes of at least 4 members (excludes halogenated alkanes) is 1. The first-order chi connectivity index (χ1) is 16.1. The first-order valence-electron chi connectivity index (χ1n) is 13.5. The molecule has 0 aromatic heterocycles. The molecular weight excluding hydrogens is 430 g/mol. The number of amides is 3. The molecule has 1 saturated carbocycles. The second kappa shape index (κ2) is 16.1. The van der Waals surface area contributed by atoms with Crippen LogP contribution in [-0.4, -0.2) is 41.9 Å². The van der Waals surface area contributed by atoms with E-state index in [1.165, 1.54) is 32.1 Å². The second-order valence-corrected chi connectivity index (χ2v) is 10.7. The predicted octanol–water partition coefficient (Wildman–Crippen LogP) is 2.86. The van der Waals surface area contributed by atoms with Gasteiger partial charge in [0.1, 0.15) is 12.1 Å². The summed E-state index contributed by atoms with van der Waals surface area (Å²) >= 11 is 0. The van der Waals surface area contributed by atoms with Crippen molar-refractivity contribution < 1.29 is 14.4 Å². The number of nitrogens with two attached hydrogens (primary N) is 3. The van der Waals surface area contributed by atoms with Crippen molar-refractivity contribution in [3.8, 4) is 0 Å². The lowest BCUT2D eigenvalue weighted by Gasteiger charge is -2.32. The fourth-order valence-electron chi connectivity index (χ4n) is 4.97. The van der Waals surface area contributed by atoms with Crippen molar-refractivity contribution in [1.29, 1.82) is 0 Å². The van der Waals surface area contributed by atoms with Gasteiger partial charge in [-0.3, -0.25) is 14.4 Å². The minimum Gasteiger partial charge on any atom is -0.368 e. The summed E-state index contributed by atoms with van der Waals surface area (Å²) in [5.41, 5.74) is 16.8. The van der Waals surface area contributed by atoms with Crippen LogP contribution in [0.4, 0.5) is 0 Å². The largest absolute Gasteiger partial charge is 0.368 e. The van der Waals surface area contributed by atoms with Gasteiger partial charge in [0.2, 0.25) is 17.7 Å². The van der Waals surface area contributed by atoms with E-state index in [9.17, 15) is 14.4 Å². The standard InChI is InChI=1S/C26H51N5O3/c1-4-11-21(24(33)30-22(23(28)32)18-19(2)3)31-25(34)26(29,15-8-9-17-27)16-10-14-20-12-6-5-7-13-20/h19-22H,4-18,27,29H2,1-3H3,(H2,28,32)(H,30,33)(H,31,34)/t21-,22-,26+/m0/s1. The van der Waals surface area contributed by atoms with Crippen molar-refractivity contribution in [2.45, 2.75) is 128 Å². The molecule has 0 aromatic rings. The maximum atomic E-state index is 13.4. The lowest BCUT2D eigenvalue weighted by atomic mass is 9.82. The van der Waals surface area contributed by atoms with Gasteiger partial charge in [0.25, 0.3) is 0 Å². The molecule has 8 heteroatoms. The summed E-state index contributed by atoms with van der Waals surface area (Å²) in [5.74, 6) is -0.315. The van der Waals surface area contributed by atoms with Crippen LogP contribution in [0.5, 0.6) is 0 Å². The molecule has 0 saturated heterocycles. The molecule has 0 aromatic carbocycles. The summed E-state index contributed by atoms with van der Waals surface area (Å²) in [6, 6.07) is -1.51. The van der Waals surface area contributed by atoms with Gasteiger partial charge in [0.05, 0.1) is 5.54 Å². The van der Waals surface area contributed by atoms with Crippen molar-refractivity contribution in [1.82, 2.24) is 10.6 Å². The number of carbonyl (C=O) groups is 3. The predicted molar refractivity (Wildman–Crippen MR) is 138 cm³/mol. The number of hydrogen-bond donors (Lipinski definition) is 5. The Labute approximate surface area is 206 Å². The van der Waals surface area contributed by atoms with E-state index >= 15 is 0 Å². The molecule has 0 radical (unpaired) electrons. The maximum Gasteiger partial charge on any atom is 0.243 e. The van der Waals surface area contributed by atoms with Crippen LogP contribution < -0.4 is 27.8 Å². The number of rotatable bonds is 17. The van der Waals surface area contributed by atoms with Gasteiger partial charge < -0.3 is 27.8 Å². The van der Waals surface area contributed by atoms with Crippen LogP contribution in [0.3, 0.4) is 0 Å². The fraction of sp³-hybridized carbons (Fsp3) is 0.885. The Morgan fingerprint density at radius 1 is 0.971 bits per heavy atom. The normalized spacial score (nSPS) is 18.2. The smallest absolute Gasteiger partial charge is 0.243 e. The first kappa shape index (κ1) is 30.4. The SMILES string of the molecule is CCC[C@H](NC(=O)[C@@](N)(CCCCN)CCCC1CCCCC1)C(=O)N[C@@H](CC(C)C)C(N)=O. The van der Waals surface area contributed by atoms with Crippen molar-refractivity contribution in [3.63, 3.8) is 0 Å². The van der Waals surface area contributed by atoms with Gasteiger partial charge in [-0.2, -0.15) is 0 Å². The van der Waals surface area contributed by atoms with E-state index in [1.54, 1.807) is 0 Å². The molecule has 1 fully saturated rings. The Balaban J connectivity index is 2.83. The number of hydrogen-bond acceptors (Lipinski definition) is 5. The monoisotopic (exact) mass is 481 g/mol. The Kier molecular flexibility index (Phi) is 14.4. The van der Waals surface area contributed by atoms with E-state index in [0.29, 0.717) is 38.6 Å². The van der Waals surface area contributed by atoms with Crippen molar-refractivity contribution in [2.75, 3.05) is 6.54 Å². The molecule has 198 valence electrons. The molecule has 0 aliphatic heterocycles. The molecule has 8 nitrogen and oxygen atoms in total. The van der Waals surface area contributed by atoms with Crippen molar-refractivity contribution in [2.24, 2.45) is 29.0 Å². The second-order valence-electron chi connectivity index (χ2n) is 10.7. The Morgan fingerprint density at radius 3 is 2.18 bits per heavy atom. The third kappa shape index (κ3) is 11.2. The number of primary amides is 1. The average Bonchev–Trinajstić information content (AvgIpc) is 2.78. The van der Waals surface area contributed by atoms with Crippen LogP contribution >= 0.6 is 0 Å². The molecule has 1 aliphatic rings. The van der Waals surface area contributed by atoms with Crippen LogP contribution in [0.15, 0.2) is 0 Å². The Morgan fingerprint density at radius 2 is 1.62 bits per heavy atom. The van der Waals surface area contributed by atoms with E-state index in [-0.39, 0.29) is 17.7 Å². The van der Waals surface area contributed by atoms with Gasteiger partial charge in [0.15, 0.2) is 0 Å². The molecule has 34 heavy (non-hydrogen) atoms. The van der Waals surface area contributed by atoms with Gasteiger partial charge in [-0.1, -0.05) is 72.1 Å². The molecule has 0 spiro atoms. The van der Waals surface area contributed by atoms with Crippen LogP contribution in [0.2, 0.25) is 0 Å². The highest BCUT2D eigenvalue weighted by Crippen LogP contribution is 2.29. The lowest BCUT2D eigenvalue weighted by molar-refractivity contribution is -0.134. The van der Waals surface area contributed by atoms with E-state index < -0.39 is 23.5 Å². The highest BCUT2D eigenvalue weighted by Gasteiger charge is 2.36. The molecule has 3 amide bonds. The molecule has 0 heterocycles. The Hall–Kier alpha value is -1.67. The van der Waals surface area contributed by atoms with Crippen LogP contribution in [-0.2, 0) is 14.4 Å². The minimum absolute atomic E-state index is 0.195. The highest BCUT2D eigenvalue weighted by atomic mass is 16.2. The third-order valence-corrected chi connectivity index (χ3v) is 7.06. The minimum atomic E-state index is -1.03. The van der Waals surface area contributed by atoms with E-state index in [0.717, 1.165) is 31.6 Å². The molecule has 8 N–H and O–H groups in total. The van der Waals surface area contributed by atoms with Crippen molar-refractivity contribution in [3.05, 3.63) is 0 Å². The fourth-order valence-corrected chi connectivity index (χ4v) is 4.97. The van der Waals surface area contributed by atoms with Gasteiger partial charge in [-0.25, -0.2) is 0 Å². The van der Waals surface area contributed by atoms with Crippen LogP contribution in [0, 0.1) is 11.8 Å². The maximum absolute atomic E-state index is 13.4. The zero-order valence-corrected chi connectivity index (χ0v) is 21.9. The first-order valence-corrected chi connectivity index (χ1v) is 13.5. The van der Waals surface area contributed by atoms with Gasteiger partial charge in [0, 0.05) is 0 Å². The zero-order valence-electron chi connectivity index (χ0n) is 21.9. The summed E-state index contributed by atoms with van der Waals surface area (Å²) in [5, 5.41) is 5.65. The molecule has 3 atom stereocenters. The molecule has 1 rings (SSSR count). The lowest BCUT2D eigenvalue weighted by Crippen LogP contribution is -2.60. The highest BCUT2D eigenvalue weighted by molar-refractivity contribution is 5.94.